The summed E-state index contributed by atoms with van der Waals surface area (Å²) >= 11 is 0. The quantitative estimate of drug-likeness (QED) is 0.612. The highest BCUT2D eigenvalue weighted by Gasteiger charge is 2.29. The highest BCUT2D eigenvalue weighted by Crippen LogP contribution is 2.24. The highest BCUT2D eigenvalue weighted by molar-refractivity contribution is 5.81. The first-order chi connectivity index (χ1) is 12.6. The lowest BCUT2D eigenvalue weighted by molar-refractivity contribution is -0.128. The third-order valence-electron chi connectivity index (χ3n) is 5.75. The summed E-state index contributed by atoms with van der Waals surface area (Å²) in [7, 11) is 0. The number of hydrogen-bond donors (Lipinski definition) is 2. The molecule has 0 aromatic heterocycles. The van der Waals surface area contributed by atoms with Crippen molar-refractivity contribution in [3.05, 3.63) is 0 Å². The molecule has 2 amide bonds. The predicted octanol–water partition coefficient (Wildman–Crippen LogP) is 2.08. The molecule has 1 saturated heterocycles. The number of ether oxygens (including phenoxy) is 1. The molecule has 1 aliphatic heterocycles. The van der Waals surface area contributed by atoms with Crippen LogP contribution in [0.5, 0.6) is 0 Å². The van der Waals surface area contributed by atoms with E-state index in [0.717, 1.165) is 51.8 Å². The number of likely N-dealkylation sites (tertiary alicyclic amines) is 1. The first-order valence-corrected chi connectivity index (χ1v) is 10.5. The molecule has 0 aromatic rings. The summed E-state index contributed by atoms with van der Waals surface area (Å²) in [4.78, 5) is 26.9. The first-order valence-electron chi connectivity index (χ1n) is 10.5. The lowest BCUT2D eigenvalue weighted by Gasteiger charge is -2.36. The molecule has 0 aromatic carbocycles. The van der Waals surface area contributed by atoms with E-state index in [4.69, 9.17) is 4.74 Å². The van der Waals surface area contributed by atoms with Crippen LogP contribution < -0.4 is 10.6 Å². The van der Waals surface area contributed by atoms with E-state index in [0.29, 0.717) is 13.2 Å². The Kier molecular flexibility index (Phi) is 9.40. The maximum atomic E-state index is 12.4. The van der Waals surface area contributed by atoms with E-state index in [-0.39, 0.29) is 29.8 Å². The summed E-state index contributed by atoms with van der Waals surface area (Å²) in [5.74, 6) is 0.567. The Morgan fingerprint density at radius 3 is 2.46 bits per heavy atom. The van der Waals surface area contributed by atoms with E-state index in [2.05, 4.69) is 15.5 Å². The second kappa shape index (κ2) is 11.5. The van der Waals surface area contributed by atoms with Crippen molar-refractivity contribution in [3.63, 3.8) is 0 Å². The van der Waals surface area contributed by atoms with E-state index in [9.17, 15) is 9.59 Å². The van der Waals surface area contributed by atoms with Crippen LogP contribution in [0.2, 0.25) is 0 Å². The van der Waals surface area contributed by atoms with Gasteiger partial charge in [-0.25, -0.2) is 0 Å². The Bertz CT molecular complexity index is 430. The Balaban J connectivity index is 1.63. The number of hydrogen-bond acceptors (Lipinski definition) is 4. The van der Waals surface area contributed by atoms with E-state index in [1.165, 1.54) is 19.3 Å². The van der Waals surface area contributed by atoms with Crippen molar-refractivity contribution in [2.75, 3.05) is 32.8 Å². The zero-order valence-corrected chi connectivity index (χ0v) is 16.6. The monoisotopic (exact) mass is 367 g/mol. The van der Waals surface area contributed by atoms with Crippen molar-refractivity contribution >= 4 is 11.8 Å². The maximum absolute atomic E-state index is 12.4. The first kappa shape index (κ1) is 21.2. The van der Waals surface area contributed by atoms with Crippen LogP contribution in [-0.4, -0.2) is 61.6 Å². The zero-order valence-electron chi connectivity index (χ0n) is 16.6. The normalized spacial score (nSPS) is 21.3. The van der Waals surface area contributed by atoms with Crippen molar-refractivity contribution < 1.29 is 14.3 Å². The molecule has 2 rings (SSSR count). The Hall–Kier alpha value is -1.14. The van der Waals surface area contributed by atoms with Crippen molar-refractivity contribution in [2.45, 2.75) is 77.3 Å². The van der Waals surface area contributed by atoms with E-state index in [1.807, 2.05) is 13.8 Å². The van der Waals surface area contributed by atoms with Gasteiger partial charge in [0.25, 0.3) is 0 Å². The molecule has 6 heteroatoms. The van der Waals surface area contributed by atoms with Gasteiger partial charge in [0.2, 0.25) is 11.8 Å². The SMILES string of the molecule is CCOCCCNC(=O)C(C)N1CCC(NC(=O)C2CCCCC2)CC1. The number of nitrogens with one attached hydrogen (secondary N) is 2. The minimum Gasteiger partial charge on any atom is -0.382 e. The molecular weight excluding hydrogens is 330 g/mol. The fourth-order valence-electron chi connectivity index (χ4n) is 3.96. The summed E-state index contributed by atoms with van der Waals surface area (Å²) < 4.78 is 5.28. The largest absolute Gasteiger partial charge is 0.382 e. The molecule has 6 nitrogen and oxygen atoms in total. The number of carbonyl (C=O) groups excluding carboxylic acids is 2. The van der Waals surface area contributed by atoms with E-state index < -0.39 is 0 Å². The second-order valence-electron chi connectivity index (χ2n) is 7.67. The lowest BCUT2D eigenvalue weighted by atomic mass is 9.88. The molecule has 2 fully saturated rings. The van der Waals surface area contributed by atoms with Gasteiger partial charge in [-0.3, -0.25) is 14.5 Å². The molecule has 2 N–H and O–H groups in total. The van der Waals surface area contributed by atoms with Gasteiger partial charge in [0.1, 0.15) is 0 Å². The van der Waals surface area contributed by atoms with Gasteiger partial charge in [-0.2, -0.15) is 0 Å². The Morgan fingerprint density at radius 1 is 1.12 bits per heavy atom. The molecule has 150 valence electrons. The lowest BCUT2D eigenvalue weighted by Crippen LogP contribution is -2.52. The molecule has 0 bridgehead atoms. The summed E-state index contributed by atoms with van der Waals surface area (Å²) in [6, 6.07) is 0.152. The molecular formula is C20H37N3O3. The van der Waals surface area contributed by atoms with Crippen molar-refractivity contribution in [3.8, 4) is 0 Å². The van der Waals surface area contributed by atoms with Gasteiger partial charge in [0.15, 0.2) is 0 Å². The summed E-state index contributed by atoms with van der Waals surface area (Å²) in [6.07, 6.45) is 8.45. The average molecular weight is 368 g/mol. The van der Waals surface area contributed by atoms with Gasteiger partial charge in [0, 0.05) is 44.8 Å². The van der Waals surface area contributed by atoms with Gasteiger partial charge in [0.05, 0.1) is 6.04 Å². The van der Waals surface area contributed by atoms with Crippen LogP contribution in [0.3, 0.4) is 0 Å². The standard InChI is InChI=1S/C20H37N3O3/c1-3-26-15-7-12-21-19(24)16(2)23-13-10-18(11-14-23)22-20(25)17-8-5-4-6-9-17/h16-18H,3-15H2,1-2H3,(H,21,24)(H,22,25). The summed E-state index contributed by atoms with van der Waals surface area (Å²) in [5, 5.41) is 6.25. The topological polar surface area (TPSA) is 70.7 Å². The van der Waals surface area contributed by atoms with Crippen molar-refractivity contribution in [1.29, 1.82) is 0 Å². The molecule has 1 saturated carbocycles. The Morgan fingerprint density at radius 2 is 1.81 bits per heavy atom. The van der Waals surface area contributed by atoms with E-state index in [1.54, 1.807) is 0 Å². The van der Waals surface area contributed by atoms with Crippen LogP contribution in [0.1, 0.15) is 65.2 Å². The number of piperidine rings is 1. The summed E-state index contributed by atoms with van der Waals surface area (Å²) in [6.45, 7) is 7.75. The third kappa shape index (κ3) is 6.88. The van der Waals surface area contributed by atoms with Crippen LogP contribution in [0.15, 0.2) is 0 Å². The fourth-order valence-corrected chi connectivity index (χ4v) is 3.96. The van der Waals surface area contributed by atoms with Crippen LogP contribution in [0.4, 0.5) is 0 Å². The van der Waals surface area contributed by atoms with Crippen LogP contribution >= 0.6 is 0 Å². The zero-order chi connectivity index (χ0) is 18.8. The third-order valence-corrected chi connectivity index (χ3v) is 5.75. The molecule has 1 unspecified atom stereocenters. The van der Waals surface area contributed by atoms with E-state index >= 15 is 0 Å². The molecule has 26 heavy (non-hydrogen) atoms. The van der Waals surface area contributed by atoms with Gasteiger partial charge < -0.3 is 15.4 Å². The van der Waals surface area contributed by atoms with Crippen molar-refractivity contribution in [2.24, 2.45) is 5.92 Å². The number of carbonyl (C=O) groups is 2. The Labute approximate surface area is 158 Å². The van der Waals surface area contributed by atoms with Crippen LogP contribution in [0, 0.1) is 5.92 Å². The van der Waals surface area contributed by atoms with Gasteiger partial charge in [-0.1, -0.05) is 19.3 Å². The predicted molar refractivity (Wildman–Crippen MR) is 103 cm³/mol. The minimum atomic E-state index is -0.114. The number of amides is 2. The van der Waals surface area contributed by atoms with Gasteiger partial charge in [-0.15, -0.1) is 0 Å². The summed E-state index contributed by atoms with van der Waals surface area (Å²) in [5.41, 5.74) is 0. The smallest absolute Gasteiger partial charge is 0.237 e. The number of rotatable bonds is 9. The maximum Gasteiger partial charge on any atom is 0.237 e. The fraction of sp³-hybridized carbons (Fsp3) is 0.900. The molecule has 0 spiro atoms. The molecule has 1 aliphatic carbocycles. The van der Waals surface area contributed by atoms with Gasteiger partial charge >= 0.3 is 0 Å². The molecule has 1 heterocycles. The number of nitrogens with zero attached hydrogens (tertiary/aromatic N) is 1. The van der Waals surface area contributed by atoms with Gasteiger partial charge in [-0.05, 0) is 46.0 Å². The van der Waals surface area contributed by atoms with Crippen LogP contribution in [-0.2, 0) is 14.3 Å². The molecule has 0 radical (unpaired) electrons. The van der Waals surface area contributed by atoms with Crippen LogP contribution in [0.25, 0.3) is 0 Å². The van der Waals surface area contributed by atoms with Crippen molar-refractivity contribution in [1.82, 2.24) is 15.5 Å². The second-order valence-corrected chi connectivity index (χ2v) is 7.67. The minimum absolute atomic E-state index is 0.0891. The molecule has 2 aliphatic rings. The molecule has 1 atom stereocenters. The average Bonchev–Trinajstić information content (AvgIpc) is 2.68. The highest BCUT2D eigenvalue weighted by atomic mass is 16.5.